The molecule has 4 rings (SSSR count). The molecule has 0 bridgehead atoms. The molecule has 5 nitrogen and oxygen atoms in total. The Morgan fingerprint density at radius 2 is 1.61 bits per heavy atom. The van der Waals surface area contributed by atoms with Crippen molar-refractivity contribution in [3.05, 3.63) is 70.4 Å². The minimum absolute atomic E-state index is 0.168. The van der Waals surface area contributed by atoms with E-state index in [0.717, 1.165) is 25.1 Å². The van der Waals surface area contributed by atoms with Gasteiger partial charge in [0.25, 0.3) is 11.8 Å². The van der Waals surface area contributed by atoms with Crippen LogP contribution in [0.3, 0.4) is 0 Å². The molecular weight excluding hydrogens is 412 g/mol. The van der Waals surface area contributed by atoms with Gasteiger partial charge in [-0.05, 0) is 42.0 Å². The van der Waals surface area contributed by atoms with Crippen LogP contribution in [-0.2, 0) is 16.1 Å². The first-order valence-corrected chi connectivity index (χ1v) is 11.0. The van der Waals surface area contributed by atoms with E-state index in [9.17, 15) is 9.59 Å². The van der Waals surface area contributed by atoms with Gasteiger partial charge in [0.2, 0.25) is 0 Å². The van der Waals surface area contributed by atoms with Crippen molar-refractivity contribution in [2.75, 3.05) is 20.2 Å². The molecule has 0 N–H and O–H groups in total. The van der Waals surface area contributed by atoms with Gasteiger partial charge in [-0.1, -0.05) is 55.8 Å². The molecule has 2 aromatic carbocycles. The molecule has 2 unspecified atom stereocenters. The maximum absolute atomic E-state index is 13.6. The second-order valence-corrected chi connectivity index (χ2v) is 9.03. The number of likely N-dealkylation sites (tertiary alicyclic amines) is 1. The number of para-hydroxylation sites is 1. The van der Waals surface area contributed by atoms with Crippen molar-refractivity contribution in [1.82, 2.24) is 9.80 Å². The molecule has 2 atom stereocenters. The number of carbonyl (C=O) groups excluding carboxylic acids is 2. The summed E-state index contributed by atoms with van der Waals surface area (Å²) in [5.41, 5.74) is 2.47. The Hall–Kier alpha value is -2.79. The first kappa shape index (κ1) is 21.4. The summed E-state index contributed by atoms with van der Waals surface area (Å²) in [6.07, 6.45) is 1.12. The highest BCUT2D eigenvalue weighted by Gasteiger charge is 2.43. The van der Waals surface area contributed by atoms with Gasteiger partial charge in [0.05, 0.1) is 19.2 Å². The van der Waals surface area contributed by atoms with E-state index < -0.39 is 0 Å². The molecule has 2 heterocycles. The molecule has 0 spiro atoms. The number of amides is 2. The fraction of sp³-hybridized carbons (Fsp3) is 0.360. The zero-order valence-corrected chi connectivity index (χ0v) is 18.9. The van der Waals surface area contributed by atoms with Crippen molar-refractivity contribution in [3.8, 4) is 5.75 Å². The average Bonchev–Trinajstić information content (AvgIpc) is 2.99. The Morgan fingerprint density at radius 3 is 2.26 bits per heavy atom. The van der Waals surface area contributed by atoms with Crippen molar-refractivity contribution in [1.29, 1.82) is 0 Å². The number of hydrogen-bond acceptors (Lipinski definition) is 4. The van der Waals surface area contributed by atoms with Crippen LogP contribution < -0.4 is 4.74 Å². The highest BCUT2D eigenvalue weighted by atomic mass is 35.5. The van der Waals surface area contributed by atoms with Crippen LogP contribution in [0.1, 0.15) is 31.4 Å². The van der Waals surface area contributed by atoms with Crippen LogP contribution in [0.4, 0.5) is 0 Å². The Kier molecular flexibility index (Phi) is 6.05. The van der Waals surface area contributed by atoms with Gasteiger partial charge in [-0.15, -0.1) is 0 Å². The second kappa shape index (κ2) is 8.75. The monoisotopic (exact) mass is 438 g/mol. The van der Waals surface area contributed by atoms with Crippen molar-refractivity contribution in [3.63, 3.8) is 0 Å². The van der Waals surface area contributed by atoms with Crippen LogP contribution >= 0.6 is 11.6 Å². The molecule has 0 radical (unpaired) electrons. The number of hydrogen-bond donors (Lipinski definition) is 0. The molecule has 2 aliphatic rings. The smallest absolute Gasteiger partial charge is 0.278 e. The summed E-state index contributed by atoms with van der Waals surface area (Å²) in [6.45, 7) is 6.08. The maximum Gasteiger partial charge on any atom is 0.278 e. The highest BCUT2D eigenvalue weighted by Crippen LogP contribution is 2.36. The van der Waals surface area contributed by atoms with Gasteiger partial charge in [-0.2, -0.15) is 0 Å². The summed E-state index contributed by atoms with van der Waals surface area (Å²) >= 11 is 6.07. The summed E-state index contributed by atoms with van der Waals surface area (Å²) in [7, 11) is 1.59. The van der Waals surface area contributed by atoms with Gasteiger partial charge in [0, 0.05) is 23.7 Å². The van der Waals surface area contributed by atoms with Gasteiger partial charge in [-0.3, -0.25) is 14.5 Å². The number of imide groups is 1. The lowest BCUT2D eigenvalue weighted by Crippen LogP contribution is -2.41. The van der Waals surface area contributed by atoms with E-state index in [1.165, 1.54) is 4.90 Å². The van der Waals surface area contributed by atoms with E-state index in [2.05, 4.69) is 18.7 Å². The summed E-state index contributed by atoms with van der Waals surface area (Å²) in [6, 6.07) is 14.6. The standard InChI is InChI=1S/C25H27ClN2O3/c1-16-12-17(2)14-27(13-16)23-22(18-8-10-20(26)11-9-18)24(29)28(25(23)30)15-19-6-4-5-7-21(19)31-3/h4-11,16-17H,12-15H2,1-3H3. The largest absolute Gasteiger partial charge is 0.496 e. The lowest BCUT2D eigenvalue weighted by atomic mass is 9.91. The molecule has 6 heteroatoms. The zero-order valence-electron chi connectivity index (χ0n) is 18.1. The Labute approximate surface area is 188 Å². The Bertz CT molecular complexity index is 1020. The quantitative estimate of drug-likeness (QED) is 0.640. The number of methoxy groups -OCH3 is 1. The molecule has 2 aliphatic heterocycles. The van der Waals surface area contributed by atoms with Crippen LogP contribution in [-0.4, -0.2) is 41.8 Å². The average molecular weight is 439 g/mol. The van der Waals surface area contributed by atoms with Crippen LogP contribution in [0.2, 0.25) is 5.02 Å². The van der Waals surface area contributed by atoms with Gasteiger partial charge < -0.3 is 9.64 Å². The fourth-order valence-electron chi connectivity index (χ4n) is 4.73. The third-order valence-electron chi connectivity index (χ3n) is 5.98. The minimum atomic E-state index is -0.279. The number of carbonyl (C=O) groups is 2. The summed E-state index contributed by atoms with van der Waals surface area (Å²) in [5.74, 6) is 1.04. The third kappa shape index (κ3) is 4.19. The Balaban J connectivity index is 1.76. The number of nitrogens with zero attached hydrogens (tertiary/aromatic N) is 2. The molecule has 0 aromatic heterocycles. The predicted molar refractivity (Wildman–Crippen MR) is 121 cm³/mol. The maximum atomic E-state index is 13.6. The summed E-state index contributed by atoms with van der Waals surface area (Å²) in [4.78, 5) is 30.6. The fourth-order valence-corrected chi connectivity index (χ4v) is 4.85. The number of benzene rings is 2. The number of piperidine rings is 1. The van der Waals surface area contributed by atoms with Gasteiger partial charge in [0.1, 0.15) is 11.4 Å². The van der Waals surface area contributed by atoms with Crippen LogP contribution in [0.15, 0.2) is 54.2 Å². The van der Waals surface area contributed by atoms with Crippen LogP contribution in [0.25, 0.3) is 5.57 Å². The van der Waals surface area contributed by atoms with E-state index in [0.29, 0.717) is 39.4 Å². The highest BCUT2D eigenvalue weighted by molar-refractivity contribution is 6.36. The molecule has 162 valence electrons. The van der Waals surface area contributed by atoms with E-state index >= 15 is 0 Å². The molecule has 0 aliphatic carbocycles. The number of ether oxygens (including phenoxy) is 1. The van der Waals surface area contributed by atoms with Crippen molar-refractivity contribution in [2.24, 2.45) is 11.8 Å². The molecule has 1 saturated heterocycles. The Morgan fingerprint density at radius 1 is 0.968 bits per heavy atom. The molecule has 2 aromatic rings. The first-order chi connectivity index (χ1) is 14.9. The van der Waals surface area contributed by atoms with Crippen molar-refractivity contribution >= 4 is 29.0 Å². The molecule has 31 heavy (non-hydrogen) atoms. The van der Waals surface area contributed by atoms with E-state index in [1.807, 2.05) is 36.4 Å². The first-order valence-electron chi connectivity index (χ1n) is 10.6. The summed E-state index contributed by atoms with van der Waals surface area (Å²) < 4.78 is 5.43. The molecule has 2 amide bonds. The zero-order chi connectivity index (χ0) is 22.1. The second-order valence-electron chi connectivity index (χ2n) is 8.59. The van der Waals surface area contributed by atoms with Crippen LogP contribution in [0.5, 0.6) is 5.75 Å². The van der Waals surface area contributed by atoms with E-state index in [4.69, 9.17) is 16.3 Å². The lowest BCUT2D eigenvalue weighted by Gasteiger charge is -2.37. The minimum Gasteiger partial charge on any atom is -0.496 e. The van der Waals surface area contributed by atoms with Gasteiger partial charge >= 0.3 is 0 Å². The lowest BCUT2D eigenvalue weighted by molar-refractivity contribution is -0.138. The molecular formula is C25H27ClN2O3. The SMILES string of the molecule is COc1ccccc1CN1C(=O)C(c2ccc(Cl)cc2)=C(N2CC(C)CC(C)C2)C1=O. The van der Waals surface area contributed by atoms with Gasteiger partial charge in [0.15, 0.2) is 0 Å². The predicted octanol–water partition coefficient (Wildman–Crippen LogP) is 4.61. The normalized spacial score (nSPS) is 21.8. The van der Waals surface area contributed by atoms with Crippen molar-refractivity contribution < 1.29 is 14.3 Å². The number of halogens is 1. The van der Waals surface area contributed by atoms with Gasteiger partial charge in [-0.25, -0.2) is 0 Å². The third-order valence-corrected chi connectivity index (χ3v) is 6.23. The van der Waals surface area contributed by atoms with Crippen LogP contribution in [0, 0.1) is 11.8 Å². The molecule has 1 fully saturated rings. The topological polar surface area (TPSA) is 49.9 Å². The molecule has 0 saturated carbocycles. The number of rotatable bonds is 5. The van der Waals surface area contributed by atoms with E-state index in [-0.39, 0.29) is 18.4 Å². The van der Waals surface area contributed by atoms with E-state index in [1.54, 1.807) is 19.2 Å². The van der Waals surface area contributed by atoms with Crippen molar-refractivity contribution in [2.45, 2.75) is 26.8 Å². The summed E-state index contributed by atoms with van der Waals surface area (Å²) in [5, 5.41) is 0.591.